The average molecular weight is 266 g/mol. The second-order valence-corrected chi connectivity index (χ2v) is 4.51. The van der Waals surface area contributed by atoms with Crippen molar-refractivity contribution >= 4 is 0 Å². The van der Waals surface area contributed by atoms with Crippen LogP contribution < -0.4 is 0 Å². The first-order valence-corrected chi connectivity index (χ1v) is 6.27. The molecule has 0 bridgehead atoms. The Hall–Kier alpha value is -2.49. The highest BCUT2D eigenvalue weighted by molar-refractivity contribution is 5.67. The minimum absolute atomic E-state index is 0.306. The van der Waals surface area contributed by atoms with E-state index < -0.39 is 0 Å². The molecule has 20 heavy (non-hydrogen) atoms. The van der Waals surface area contributed by atoms with Crippen molar-refractivity contribution in [1.82, 2.24) is 14.8 Å². The molecule has 3 aromatic rings. The molecule has 0 amide bonds. The number of aromatic nitrogens is 3. The van der Waals surface area contributed by atoms with Gasteiger partial charge in [0.2, 0.25) is 0 Å². The van der Waals surface area contributed by atoms with Gasteiger partial charge in [-0.2, -0.15) is 5.10 Å². The zero-order chi connectivity index (χ0) is 13.9. The van der Waals surface area contributed by atoms with E-state index in [9.17, 15) is 4.39 Å². The third-order valence-corrected chi connectivity index (χ3v) is 3.11. The van der Waals surface area contributed by atoms with Crippen LogP contribution in [0.15, 0.2) is 55.0 Å². The van der Waals surface area contributed by atoms with Crippen molar-refractivity contribution in [2.24, 2.45) is 0 Å². The smallest absolute Gasteiger partial charge is 0.127 e. The highest BCUT2D eigenvalue weighted by Gasteiger charge is 2.08. The molecule has 3 nitrogen and oxygen atoms in total. The van der Waals surface area contributed by atoms with Crippen LogP contribution >= 0.6 is 0 Å². The topological polar surface area (TPSA) is 30.7 Å². The van der Waals surface area contributed by atoms with Crippen LogP contribution in [0.5, 0.6) is 0 Å². The van der Waals surface area contributed by atoms with Gasteiger partial charge in [0.1, 0.15) is 5.82 Å². The van der Waals surface area contributed by atoms with Gasteiger partial charge < -0.3 is 0 Å². The zero-order valence-electron chi connectivity index (χ0n) is 10.8. The molecule has 0 N–H and O–H groups in total. The van der Waals surface area contributed by atoms with E-state index in [1.165, 1.54) is 6.07 Å². The Bertz CT molecular complexity index is 720. The van der Waals surface area contributed by atoms with E-state index in [-0.39, 0.29) is 5.82 Å². The summed E-state index contributed by atoms with van der Waals surface area (Å²) in [4.78, 5) is 4.25. The molecule has 1 aromatic carbocycles. The molecule has 2 aromatic heterocycles. The lowest BCUT2D eigenvalue weighted by Gasteiger charge is -2.03. The second kappa shape index (κ2) is 5.25. The lowest BCUT2D eigenvalue weighted by atomic mass is 10.0. The van der Waals surface area contributed by atoms with Crippen LogP contribution in [0.4, 0.5) is 4.39 Å². The van der Waals surface area contributed by atoms with E-state index in [1.807, 2.05) is 30.5 Å². The van der Waals surface area contributed by atoms with E-state index in [0.29, 0.717) is 12.1 Å². The van der Waals surface area contributed by atoms with Crippen LogP contribution in [0.25, 0.3) is 11.1 Å². The van der Waals surface area contributed by atoms with Crippen LogP contribution in [0, 0.1) is 12.7 Å². The molecule has 0 saturated carbocycles. The van der Waals surface area contributed by atoms with Gasteiger partial charge in [-0.1, -0.05) is 18.2 Å². The summed E-state index contributed by atoms with van der Waals surface area (Å²) in [6.07, 6.45) is 5.34. The van der Waals surface area contributed by atoms with E-state index in [2.05, 4.69) is 17.0 Å². The van der Waals surface area contributed by atoms with Crippen molar-refractivity contribution in [1.29, 1.82) is 0 Å². The third-order valence-electron chi connectivity index (χ3n) is 3.11. The maximum absolute atomic E-state index is 13.5. The highest BCUT2D eigenvalue weighted by Crippen LogP contribution is 2.24. The summed E-state index contributed by atoms with van der Waals surface area (Å²) < 4.78 is 15.3. The summed E-state index contributed by atoms with van der Waals surface area (Å²) in [5, 5.41) is 4.29. The summed E-state index contributed by atoms with van der Waals surface area (Å²) in [6, 6.07) is 10.7. The number of halogens is 1. The molecule has 2 heterocycles. The first-order chi connectivity index (χ1) is 9.74. The summed E-state index contributed by atoms with van der Waals surface area (Å²) in [5.74, 6) is -0.306. The lowest BCUT2D eigenvalue weighted by molar-refractivity contribution is 0.623. The molecule has 99 valence electrons. The monoisotopic (exact) mass is 266 g/mol. The summed E-state index contributed by atoms with van der Waals surface area (Å²) in [5.41, 5.74) is 2.93. The largest absolute Gasteiger partial charge is 0.266 e. The Labute approximate surface area is 116 Å². The molecule has 0 aliphatic heterocycles. The molecule has 0 saturated heterocycles. The van der Waals surface area contributed by atoms with Gasteiger partial charge >= 0.3 is 0 Å². The van der Waals surface area contributed by atoms with Crippen LogP contribution in [0.3, 0.4) is 0 Å². The van der Waals surface area contributed by atoms with Crippen molar-refractivity contribution in [3.05, 3.63) is 79.0 Å². The molecule has 0 fully saturated rings. The third kappa shape index (κ3) is 2.45. The quantitative estimate of drug-likeness (QED) is 0.728. The van der Waals surface area contributed by atoms with Gasteiger partial charge in [-0.3, -0.25) is 9.67 Å². The fourth-order valence-corrected chi connectivity index (χ4v) is 2.08. The van der Waals surface area contributed by atoms with Gasteiger partial charge in [0.05, 0.1) is 18.4 Å². The molecule has 0 aliphatic carbocycles. The van der Waals surface area contributed by atoms with Gasteiger partial charge in [0.25, 0.3) is 0 Å². The molecule has 0 unspecified atom stereocenters. The average Bonchev–Trinajstić information content (AvgIpc) is 2.91. The van der Waals surface area contributed by atoms with Crippen molar-refractivity contribution in [2.45, 2.75) is 6.54 Å². The minimum Gasteiger partial charge on any atom is -0.266 e. The van der Waals surface area contributed by atoms with Crippen LogP contribution in [-0.4, -0.2) is 14.8 Å². The van der Waals surface area contributed by atoms with Gasteiger partial charge in [-0.25, -0.2) is 4.39 Å². The first-order valence-electron chi connectivity index (χ1n) is 6.27. The number of pyridine rings is 1. The predicted molar refractivity (Wildman–Crippen MR) is 75.4 cm³/mol. The Kier molecular flexibility index (Phi) is 3.29. The molecular weight excluding hydrogens is 253 g/mol. The van der Waals surface area contributed by atoms with Gasteiger partial charge in [-0.15, -0.1) is 0 Å². The fraction of sp³-hybridized carbons (Fsp3) is 0.0625. The lowest BCUT2D eigenvalue weighted by Crippen LogP contribution is -2.01. The number of benzene rings is 1. The van der Waals surface area contributed by atoms with Crippen LogP contribution in [0.1, 0.15) is 11.3 Å². The van der Waals surface area contributed by atoms with Crippen molar-refractivity contribution < 1.29 is 4.39 Å². The maximum atomic E-state index is 13.5. The van der Waals surface area contributed by atoms with E-state index in [4.69, 9.17) is 0 Å². The van der Waals surface area contributed by atoms with Gasteiger partial charge in [0.15, 0.2) is 0 Å². The van der Waals surface area contributed by atoms with Gasteiger partial charge in [-0.05, 0) is 36.2 Å². The van der Waals surface area contributed by atoms with Crippen molar-refractivity contribution in [3.63, 3.8) is 0 Å². The number of hydrogen-bond acceptors (Lipinski definition) is 2. The SMILES string of the molecule is [CH2]c1c(F)cccc1-c1cnn(Cc2ccccn2)c1. The maximum Gasteiger partial charge on any atom is 0.127 e. The second-order valence-electron chi connectivity index (χ2n) is 4.51. The molecule has 0 spiro atoms. The normalized spacial score (nSPS) is 10.7. The van der Waals surface area contributed by atoms with Crippen molar-refractivity contribution in [2.75, 3.05) is 0 Å². The van der Waals surface area contributed by atoms with E-state index in [1.54, 1.807) is 23.1 Å². The predicted octanol–water partition coefficient (Wildman–Crippen LogP) is 3.31. The molecule has 0 atom stereocenters. The Morgan fingerprint density at radius 1 is 1.15 bits per heavy atom. The minimum atomic E-state index is -0.306. The standard InChI is InChI=1S/C16H13FN3/c1-12-15(6-4-7-16(12)17)13-9-19-20(10-13)11-14-5-2-3-8-18-14/h2-10H,1,11H2. The molecular formula is C16H13FN3. The van der Waals surface area contributed by atoms with Crippen LogP contribution in [-0.2, 0) is 6.54 Å². The Morgan fingerprint density at radius 3 is 2.85 bits per heavy atom. The molecule has 0 aliphatic rings. The van der Waals surface area contributed by atoms with Gasteiger partial charge in [0, 0.05) is 18.0 Å². The number of rotatable bonds is 3. The first kappa shape index (κ1) is 12.5. The van der Waals surface area contributed by atoms with Crippen molar-refractivity contribution in [3.8, 4) is 11.1 Å². The van der Waals surface area contributed by atoms with Crippen LogP contribution in [0.2, 0.25) is 0 Å². The zero-order valence-corrected chi connectivity index (χ0v) is 10.8. The highest BCUT2D eigenvalue weighted by atomic mass is 19.1. The fourth-order valence-electron chi connectivity index (χ4n) is 2.08. The van der Waals surface area contributed by atoms with E-state index >= 15 is 0 Å². The Morgan fingerprint density at radius 2 is 2.05 bits per heavy atom. The molecule has 4 heteroatoms. The van der Waals surface area contributed by atoms with E-state index in [0.717, 1.165) is 16.8 Å². The summed E-state index contributed by atoms with van der Waals surface area (Å²) in [7, 11) is 0. The Balaban J connectivity index is 1.89. The summed E-state index contributed by atoms with van der Waals surface area (Å²) in [6.45, 7) is 4.35. The summed E-state index contributed by atoms with van der Waals surface area (Å²) >= 11 is 0. The number of nitrogens with zero attached hydrogens (tertiary/aromatic N) is 3. The number of hydrogen-bond donors (Lipinski definition) is 0. The molecule has 1 radical (unpaired) electrons. The molecule has 3 rings (SSSR count).